The van der Waals surface area contributed by atoms with Gasteiger partial charge in [0, 0.05) is 11.6 Å². The Balaban J connectivity index is 1.50. The number of halogens is 1. The molecule has 0 saturated carbocycles. The number of anilines is 1. The Morgan fingerprint density at radius 2 is 1.94 bits per heavy atom. The number of methoxy groups -OCH3 is 2. The van der Waals surface area contributed by atoms with Crippen LogP contribution < -0.4 is 19.5 Å². The first-order chi connectivity index (χ1) is 16.0. The molecule has 0 aliphatic heterocycles. The maximum absolute atomic E-state index is 13.9. The van der Waals surface area contributed by atoms with Crippen molar-refractivity contribution >= 4 is 28.8 Å². The fourth-order valence-corrected chi connectivity index (χ4v) is 3.09. The molecule has 4 aromatic rings. The molecule has 4 rings (SSSR count). The normalized spacial score (nSPS) is 10.6. The number of carbonyl (C=O) groups excluding carboxylic acids is 2. The lowest BCUT2D eigenvalue weighted by atomic mass is 10.2. The van der Waals surface area contributed by atoms with Crippen LogP contribution in [0.4, 0.5) is 10.1 Å². The van der Waals surface area contributed by atoms with Crippen LogP contribution in [0.15, 0.2) is 49.1 Å². The van der Waals surface area contributed by atoms with Crippen molar-refractivity contribution < 1.29 is 28.2 Å². The number of ether oxygens (including phenoxy) is 3. The minimum Gasteiger partial charge on any atom is -0.493 e. The molecule has 2 aromatic carbocycles. The van der Waals surface area contributed by atoms with Gasteiger partial charge in [0.2, 0.25) is 11.8 Å². The third-order valence-corrected chi connectivity index (χ3v) is 4.63. The third-order valence-electron chi connectivity index (χ3n) is 4.63. The van der Waals surface area contributed by atoms with Crippen LogP contribution in [0.25, 0.3) is 10.9 Å². The summed E-state index contributed by atoms with van der Waals surface area (Å²) in [4.78, 5) is 31.5. The SMILES string of the molecule is COc1cc2ncnc(Oc3cnn(CC(=O)Nc4cc(C=O)ccc4F)c3)c2cc1OC. The fourth-order valence-electron chi connectivity index (χ4n) is 3.09. The van der Waals surface area contributed by atoms with E-state index >= 15 is 0 Å². The first-order valence-corrected chi connectivity index (χ1v) is 9.62. The number of nitrogens with one attached hydrogen (secondary N) is 1. The van der Waals surface area contributed by atoms with Gasteiger partial charge in [-0.25, -0.2) is 14.4 Å². The number of amides is 1. The van der Waals surface area contributed by atoms with E-state index in [9.17, 15) is 14.0 Å². The zero-order chi connectivity index (χ0) is 23.4. The smallest absolute Gasteiger partial charge is 0.246 e. The van der Waals surface area contributed by atoms with Gasteiger partial charge in [-0.05, 0) is 24.3 Å². The molecule has 2 heterocycles. The summed E-state index contributed by atoms with van der Waals surface area (Å²) in [5.74, 6) is 0.410. The molecule has 168 valence electrons. The Labute approximate surface area is 186 Å². The van der Waals surface area contributed by atoms with Gasteiger partial charge in [0.1, 0.15) is 25.0 Å². The Hall–Kier alpha value is -4.54. The minimum absolute atomic E-state index is 0.0925. The van der Waals surface area contributed by atoms with Crippen LogP contribution in [0.3, 0.4) is 0 Å². The molecule has 0 spiro atoms. The van der Waals surface area contributed by atoms with E-state index in [2.05, 4.69) is 20.4 Å². The van der Waals surface area contributed by atoms with Crippen molar-refractivity contribution in [3.05, 3.63) is 60.4 Å². The van der Waals surface area contributed by atoms with Crippen molar-refractivity contribution in [1.82, 2.24) is 19.7 Å². The van der Waals surface area contributed by atoms with Crippen molar-refractivity contribution in [3.8, 4) is 23.1 Å². The summed E-state index contributed by atoms with van der Waals surface area (Å²) in [6.07, 6.45) is 4.82. The molecular weight excluding hydrogens is 433 g/mol. The summed E-state index contributed by atoms with van der Waals surface area (Å²) < 4.78 is 31.6. The molecule has 1 amide bonds. The maximum Gasteiger partial charge on any atom is 0.246 e. The first kappa shape index (κ1) is 21.7. The van der Waals surface area contributed by atoms with Gasteiger partial charge in [-0.1, -0.05) is 0 Å². The quantitative estimate of drug-likeness (QED) is 0.406. The molecule has 2 aromatic heterocycles. The van der Waals surface area contributed by atoms with Gasteiger partial charge in [-0.15, -0.1) is 0 Å². The van der Waals surface area contributed by atoms with Crippen LogP contribution in [0.1, 0.15) is 10.4 Å². The number of hydrogen-bond donors (Lipinski definition) is 1. The largest absolute Gasteiger partial charge is 0.493 e. The number of fused-ring (bicyclic) bond motifs is 1. The lowest BCUT2D eigenvalue weighted by Gasteiger charge is -2.10. The first-order valence-electron chi connectivity index (χ1n) is 9.62. The summed E-state index contributed by atoms with van der Waals surface area (Å²) >= 11 is 0. The van der Waals surface area contributed by atoms with E-state index < -0.39 is 11.7 Å². The number of rotatable bonds is 8. The molecule has 1 N–H and O–H groups in total. The van der Waals surface area contributed by atoms with Crippen molar-refractivity contribution in [1.29, 1.82) is 0 Å². The van der Waals surface area contributed by atoms with Crippen LogP contribution >= 0.6 is 0 Å². The lowest BCUT2D eigenvalue weighted by molar-refractivity contribution is -0.116. The van der Waals surface area contributed by atoms with Crippen molar-refractivity contribution in [2.75, 3.05) is 19.5 Å². The highest BCUT2D eigenvalue weighted by Crippen LogP contribution is 2.35. The topological polar surface area (TPSA) is 117 Å². The highest BCUT2D eigenvalue weighted by Gasteiger charge is 2.14. The third kappa shape index (κ3) is 4.71. The van der Waals surface area contributed by atoms with E-state index in [1.807, 2.05) is 0 Å². The Morgan fingerprint density at radius 3 is 2.70 bits per heavy atom. The average molecular weight is 451 g/mol. The van der Waals surface area contributed by atoms with Crippen molar-refractivity contribution in [2.45, 2.75) is 6.54 Å². The molecule has 0 aliphatic carbocycles. The van der Waals surface area contributed by atoms with Crippen molar-refractivity contribution in [2.24, 2.45) is 0 Å². The highest BCUT2D eigenvalue weighted by atomic mass is 19.1. The molecule has 0 unspecified atom stereocenters. The maximum atomic E-state index is 13.9. The van der Waals surface area contributed by atoms with Crippen LogP contribution in [-0.2, 0) is 11.3 Å². The fraction of sp³-hybridized carbons (Fsp3) is 0.136. The van der Waals surface area contributed by atoms with E-state index in [0.717, 1.165) is 6.07 Å². The van der Waals surface area contributed by atoms with Crippen LogP contribution in [0, 0.1) is 5.82 Å². The van der Waals surface area contributed by atoms with Gasteiger partial charge >= 0.3 is 0 Å². The second kappa shape index (κ2) is 9.30. The van der Waals surface area contributed by atoms with Gasteiger partial charge < -0.3 is 19.5 Å². The van der Waals surface area contributed by atoms with Crippen molar-refractivity contribution in [3.63, 3.8) is 0 Å². The van der Waals surface area contributed by atoms with E-state index in [0.29, 0.717) is 34.4 Å². The van der Waals surface area contributed by atoms with E-state index in [4.69, 9.17) is 14.2 Å². The van der Waals surface area contributed by atoms with Gasteiger partial charge in [-0.3, -0.25) is 14.3 Å². The summed E-state index contributed by atoms with van der Waals surface area (Å²) in [6, 6.07) is 7.08. The standard InChI is InChI=1S/C22H18FN5O5/c1-31-19-6-15-17(7-20(19)32-2)24-12-25-22(15)33-14-8-26-28(9-14)10-21(30)27-18-5-13(11-29)3-4-16(18)23/h3-9,11-12H,10H2,1-2H3,(H,27,30). The Morgan fingerprint density at radius 1 is 1.15 bits per heavy atom. The van der Waals surface area contributed by atoms with Gasteiger partial charge in [0.25, 0.3) is 0 Å². The minimum atomic E-state index is -0.652. The van der Waals surface area contributed by atoms with Crippen LogP contribution in [0.2, 0.25) is 0 Å². The molecule has 0 saturated heterocycles. The Kier molecular flexibility index (Phi) is 6.11. The summed E-state index contributed by atoms with van der Waals surface area (Å²) in [7, 11) is 3.05. The zero-order valence-corrected chi connectivity index (χ0v) is 17.6. The molecule has 0 bridgehead atoms. The zero-order valence-electron chi connectivity index (χ0n) is 17.6. The molecule has 0 radical (unpaired) electrons. The monoisotopic (exact) mass is 451 g/mol. The molecule has 0 aliphatic rings. The lowest BCUT2D eigenvalue weighted by Crippen LogP contribution is -2.19. The molecule has 0 atom stereocenters. The molecule has 11 heteroatoms. The predicted molar refractivity (Wildman–Crippen MR) is 115 cm³/mol. The number of hydrogen-bond acceptors (Lipinski definition) is 8. The van der Waals surface area contributed by atoms with E-state index in [1.54, 1.807) is 12.1 Å². The molecule has 0 fully saturated rings. The summed E-state index contributed by atoms with van der Waals surface area (Å²) in [5, 5.41) is 7.09. The number of benzene rings is 2. The number of aldehydes is 1. The summed E-state index contributed by atoms with van der Waals surface area (Å²) in [5.41, 5.74) is 0.738. The number of nitrogens with zero attached hydrogens (tertiary/aromatic N) is 4. The van der Waals surface area contributed by atoms with Crippen LogP contribution in [-0.4, -0.2) is 46.2 Å². The second-order valence-corrected chi connectivity index (χ2v) is 6.78. The molecular formula is C22H18FN5O5. The van der Waals surface area contributed by atoms with E-state index in [1.165, 1.54) is 49.8 Å². The molecule has 33 heavy (non-hydrogen) atoms. The number of carbonyl (C=O) groups is 2. The van der Waals surface area contributed by atoms with Gasteiger partial charge in [0.05, 0.1) is 43.2 Å². The predicted octanol–water partition coefficient (Wildman–Crippen LogP) is 3.23. The molecule has 10 nitrogen and oxygen atoms in total. The second-order valence-electron chi connectivity index (χ2n) is 6.78. The average Bonchev–Trinajstić information content (AvgIpc) is 3.26. The number of aromatic nitrogens is 4. The summed E-state index contributed by atoms with van der Waals surface area (Å²) in [6.45, 7) is -0.205. The van der Waals surface area contributed by atoms with E-state index in [-0.39, 0.29) is 23.7 Å². The van der Waals surface area contributed by atoms with Gasteiger partial charge in [0.15, 0.2) is 17.2 Å². The van der Waals surface area contributed by atoms with Crippen LogP contribution in [0.5, 0.6) is 23.1 Å². The highest BCUT2D eigenvalue weighted by molar-refractivity contribution is 5.92. The Bertz CT molecular complexity index is 1340. The van der Waals surface area contributed by atoms with Gasteiger partial charge in [-0.2, -0.15) is 5.10 Å².